The highest BCUT2D eigenvalue weighted by atomic mass is 79.9. The van der Waals surface area contributed by atoms with Gasteiger partial charge < -0.3 is 19.9 Å². The van der Waals surface area contributed by atoms with Gasteiger partial charge in [-0.25, -0.2) is 4.79 Å². The van der Waals surface area contributed by atoms with E-state index < -0.39 is 5.97 Å². The molecule has 0 bridgehead atoms. The maximum atomic E-state index is 12.5. The number of aromatic nitrogens is 1. The van der Waals surface area contributed by atoms with Crippen molar-refractivity contribution in [1.29, 1.82) is 0 Å². The number of quaternary nitrogens is 1. The lowest BCUT2D eigenvalue weighted by molar-refractivity contribution is -0.895. The van der Waals surface area contributed by atoms with Crippen molar-refractivity contribution in [3.05, 3.63) is 28.4 Å². The number of fused-ring (bicyclic) bond motifs is 1. The summed E-state index contributed by atoms with van der Waals surface area (Å²) in [4.78, 5) is 29.3. The van der Waals surface area contributed by atoms with Gasteiger partial charge >= 0.3 is 5.97 Å². The summed E-state index contributed by atoms with van der Waals surface area (Å²) in [6, 6.07) is 5.64. The van der Waals surface area contributed by atoms with Crippen LogP contribution in [0.3, 0.4) is 0 Å². The molecule has 3 N–H and O–H groups in total. The van der Waals surface area contributed by atoms with E-state index in [2.05, 4.69) is 26.2 Å². The summed E-state index contributed by atoms with van der Waals surface area (Å²) in [5.74, 6) is 1.76. The Labute approximate surface area is 165 Å². The van der Waals surface area contributed by atoms with Crippen LogP contribution in [0.1, 0.15) is 23.8 Å². The third kappa shape index (κ3) is 4.61. The first-order valence-electron chi connectivity index (χ1n) is 8.78. The van der Waals surface area contributed by atoms with Crippen molar-refractivity contribution in [2.24, 2.45) is 0 Å². The number of hydrogen-bond acceptors (Lipinski definition) is 4. The first kappa shape index (κ1) is 19.3. The lowest BCUT2D eigenvalue weighted by Gasteiger charge is -2.22. The van der Waals surface area contributed by atoms with Crippen LogP contribution in [0.5, 0.6) is 0 Å². The first-order valence-corrected chi connectivity index (χ1v) is 10.7. The molecule has 140 valence electrons. The normalized spacial score (nSPS) is 15.2. The van der Waals surface area contributed by atoms with Crippen LogP contribution in [0.2, 0.25) is 0 Å². The second-order valence-electron chi connectivity index (χ2n) is 6.20. The summed E-state index contributed by atoms with van der Waals surface area (Å²) < 4.78 is 6.01. The lowest BCUT2D eigenvalue weighted by atomic mass is 10.2. The van der Waals surface area contributed by atoms with Gasteiger partial charge in [0.1, 0.15) is 5.69 Å². The average molecular weight is 441 g/mol. The number of carbonyl (C=O) groups excluding carboxylic acids is 2. The molecule has 1 aromatic heterocycles. The smallest absolute Gasteiger partial charge is 0.356 e. The largest absolute Gasteiger partial charge is 0.461 e. The van der Waals surface area contributed by atoms with E-state index in [1.165, 1.54) is 4.90 Å². The van der Waals surface area contributed by atoms with E-state index in [1.807, 2.05) is 30.0 Å². The molecule has 2 aromatic rings. The molecule has 0 atom stereocenters. The van der Waals surface area contributed by atoms with Crippen LogP contribution in [0.15, 0.2) is 22.7 Å². The van der Waals surface area contributed by atoms with Crippen LogP contribution >= 0.6 is 27.7 Å². The number of nitrogens with one attached hydrogen (secondary N) is 3. The Morgan fingerprint density at radius 1 is 1.35 bits per heavy atom. The number of ether oxygens (including phenoxy) is 1. The van der Waals surface area contributed by atoms with Gasteiger partial charge in [-0.3, -0.25) is 4.79 Å². The summed E-state index contributed by atoms with van der Waals surface area (Å²) >= 11 is 5.41. The van der Waals surface area contributed by atoms with E-state index >= 15 is 0 Å². The standard InChI is InChI=1S/C18H22BrN3O3S/c1-2-25-18(24)17-16(13-11-12(19)3-4-14(13)20-17)21-15(23)5-6-22-7-9-26-10-8-22/h3-4,11,20H,2,5-10H2,1H3,(H,21,23)/p+1. The molecule has 1 aliphatic heterocycles. The quantitative estimate of drug-likeness (QED) is 0.600. The Bertz CT molecular complexity index is 802. The van der Waals surface area contributed by atoms with Crippen molar-refractivity contribution < 1.29 is 19.2 Å². The van der Waals surface area contributed by atoms with Crippen molar-refractivity contribution >= 4 is 56.2 Å². The van der Waals surface area contributed by atoms with Gasteiger partial charge in [0.25, 0.3) is 0 Å². The summed E-state index contributed by atoms with van der Waals surface area (Å²) in [6.07, 6.45) is 0.433. The van der Waals surface area contributed by atoms with Crippen LogP contribution < -0.4 is 10.2 Å². The van der Waals surface area contributed by atoms with Crippen molar-refractivity contribution in [2.45, 2.75) is 13.3 Å². The lowest BCUT2D eigenvalue weighted by Crippen LogP contribution is -3.13. The van der Waals surface area contributed by atoms with Crippen molar-refractivity contribution in [3.8, 4) is 0 Å². The van der Waals surface area contributed by atoms with Gasteiger partial charge in [0, 0.05) is 26.9 Å². The number of benzene rings is 1. The fourth-order valence-electron chi connectivity index (χ4n) is 3.05. The number of H-pyrrole nitrogens is 1. The summed E-state index contributed by atoms with van der Waals surface area (Å²) in [7, 11) is 0. The van der Waals surface area contributed by atoms with Crippen LogP contribution in [0.25, 0.3) is 10.9 Å². The summed E-state index contributed by atoms with van der Waals surface area (Å²) in [5, 5.41) is 3.72. The van der Waals surface area contributed by atoms with Gasteiger partial charge in [0.15, 0.2) is 0 Å². The maximum absolute atomic E-state index is 12.5. The van der Waals surface area contributed by atoms with E-state index in [1.54, 1.807) is 6.92 Å². The third-order valence-electron chi connectivity index (χ3n) is 4.41. The Hall–Kier alpha value is -1.51. The number of halogens is 1. The van der Waals surface area contributed by atoms with Gasteiger partial charge in [-0.2, -0.15) is 11.8 Å². The predicted octanol–water partition coefficient (Wildman–Crippen LogP) is 2.07. The molecule has 1 fully saturated rings. The molecule has 0 aliphatic carbocycles. The molecule has 8 heteroatoms. The van der Waals surface area contributed by atoms with Crippen LogP contribution in [0.4, 0.5) is 5.69 Å². The van der Waals surface area contributed by atoms with Crippen LogP contribution in [0, 0.1) is 0 Å². The highest BCUT2D eigenvalue weighted by Gasteiger charge is 2.22. The summed E-state index contributed by atoms with van der Waals surface area (Å²) in [6.45, 7) is 5.06. The topological polar surface area (TPSA) is 75.6 Å². The molecule has 1 aliphatic rings. The Morgan fingerprint density at radius 3 is 2.85 bits per heavy atom. The first-order chi connectivity index (χ1) is 12.6. The molecule has 1 saturated heterocycles. The fourth-order valence-corrected chi connectivity index (χ4v) is 4.48. The zero-order chi connectivity index (χ0) is 18.5. The molecule has 2 heterocycles. The minimum atomic E-state index is -0.464. The van der Waals surface area contributed by atoms with Crippen molar-refractivity contribution in [3.63, 3.8) is 0 Å². The van der Waals surface area contributed by atoms with E-state index in [0.29, 0.717) is 12.1 Å². The number of hydrogen-bond donors (Lipinski definition) is 3. The molecular formula is C18H23BrN3O3S+. The van der Waals surface area contributed by atoms with E-state index in [4.69, 9.17) is 4.74 Å². The molecule has 0 unspecified atom stereocenters. The number of amides is 1. The second kappa shape index (κ2) is 8.92. The highest BCUT2D eigenvalue weighted by Crippen LogP contribution is 2.31. The maximum Gasteiger partial charge on any atom is 0.356 e. The second-order valence-corrected chi connectivity index (χ2v) is 8.34. The van der Waals surface area contributed by atoms with E-state index in [9.17, 15) is 9.59 Å². The molecule has 6 nitrogen and oxygen atoms in total. The minimum Gasteiger partial charge on any atom is -0.461 e. The van der Waals surface area contributed by atoms with Gasteiger partial charge in [0.2, 0.25) is 5.91 Å². The molecule has 0 radical (unpaired) electrons. The fraction of sp³-hybridized carbons (Fsp3) is 0.444. The Morgan fingerprint density at radius 2 is 2.12 bits per heavy atom. The van der Waals surface area contributed by atoms with Gasteiger partial charge in [-0.15, -0.1) is 0 Å². The van der Waals surface area contributed by atoms with Crippen LogP contribution in [-0.4, -0.2) is 54.6 Å². The van der Waals surface area contributed by atoms with E-state index in [0.717, 1.165) is 46.5 Å². The van der Waals surface area contributed by atoms with Crippen LogP contribution in [-0.2, 0) is 9.53 Å². The molecule has 0 spiro atoms. The molecule has 0 saturated carbocycles. The van der Waals surface area contributed by atoms with Crippen molar-refractivity contribution in [2.75, 3.05) is 43.1 Å². The minimum absolute atomic E-state index is 0.0813. The molecule has 1 aromatic carbocycles. The van der Waals surface area contributed by atoms with Gasteiger partial charge in [-0.1, -0.05) is 15.9 Å². The number of anilines is 1. The molecular weight excluding hydrogens is 418 g/mol. The number of aromatic amines is 1. The highest BCUT2D eigenvalue weighted by molar-refractivity contribution is 9.10. The Balaban J connectivity index is 1.77. The Kier molecular flexibility index (Phi) is 6.61. The number of esters is 1. The van der Waals surface area contributed by atoms with Crippen molar-refractivity contribution in [1.82, 2.24) is 4.98 Å². The van der Waals surface area contributed by atoms with Gasteiger partial charge in [0.05, 0.1) is 38.3 Å². The third-order valence-corrected chi connectivity index (χ3v) is 5.89. The average Bonchev–Trinajstić information content (AvgIpc) is 2.99. The monoisotopic (exact) mass is 440 g/mol. The molecule has 26 heavy (non-hydrogen) atoms. The molecule has 1 amide bonds. The zero-order valence-corrected chi connectivity index (χ0v) is 17.1. The number of thioether (sulfide) groups is 1. The number of rotatable bonds is 6. The van der Waals surface area contributed by atoms with Gasteiger partial charge in [-0.05, 0) is 25.1 Å². The zero-order valence-electron chi connectivity index (χ0n) is 14.7. The summed E-state index contributed by atoms with van der Waals surface area (Å²) in [5.41, 5.74) is 1.56. The van der Waals surface area contributed by atoms with E-state index in [-0.39, 0.29) is 18.2 Å². The number of carbonyl (C=O) groups is 2. The SMILES string of the molecule is CCOC(=O)c1[nH]c2ccc(Br)cc2c1NC(=O)CC[NH+]1CCSCC1. The molecule has 3 rings (SSSR count). The predicted molar refractivity (Wildman–Crippen MR) is 108 cm³/mol.